The summed E-state index contributed by atoms with van der Waals surface area (Å²) in [6.45, 7) is 0.0279. The molecule has 20 heavy (non-hydrogen) atoms. The average Bonchev–Trinajstić information content (AvgIpc) is 2.34. The van der Waals surface area contributed by atoms with Crippen LogP contribution in [0.3, 0.4) is 0 Å². The molecule has 0 aromatic heterocycles. The zero-order valence-corrected chi connectivity index (χ0v) is 11.4. The van der Waals surface area contributed by atoms with Crippen molar-refractivity contribution in [2.75, 3.05) is 6.54 Å². The van der Waals surface area contributed by atoms with Gasteiger partial charge in [0.2, 0.25) is 0 Å². The summed E-state index contributed by atoms with van der Waals surface area (Å²) in [5.41, 5.74) is 0.724. The first-order valence-electron chi connectivity index (χ1n) is 5.75. The highest BCUT2D eigenvalue weighted by molar-refractivity contribution is 7.55. The number of aliphatic carboxylic acids is 1. The number of carbonyl (C=O) groups is 1. The molecule has 0 unspecified atom stereocenters. The molecule has 5 N–H and O–H groups in total. The molecule has 1 aromatic rings. The summed E-state index contributed by atoms with van der Waals surface area (Å²) in [5, 5.41) is 20.9. The Morgan fingerprint density at radius 1 is 1.30 bits per heavy atom. The highest BCUT2D eigenvalue weighted by Crippen LogP contribution is 2.35. The van der Waals surface area contributed by atoms with E-state index in [0.717, 1.165) is 11.4 Å². The van der Waals surface area contributed by atoms with E-state index in [2.05, 4.69) is 5.32 Å². The van der Waals surface area contributed by atoms with Crippen LogP contribution in [0.25, 0.3) is 0 Å². The maximum atomic E-state index is 11.1. The van der Waals surface area contributed by atoms with Crippen LogP contribution in [0.1, 0.15) is 5.56 Å². The molecule has 0 saturated carbocycles. The summed E-state index contributed by atoms with van der Waals surface area (Å²) >= 11 is 0. The van der Waals surface area contributed by atoms with Crippen molar-refractivity contribution >= 4 is 13.6 Å². The normalized spacial score (nSPS) is 13.5. The van der Waals surface area contributed by atoms with E-state index < -0.39 is 19.6 Å². The van der Waals surface area contributed by atoms with E-state index in [1.165, 1.54) is 18.2 Å². The number of benzene rings is 1. The fraction of sp³-hybridized carbons (Fsp3) is 0.250. The van der Waals surface area contributed by atoms with Crippen molar-refractivity contribution in [3.63, 3.8) is 0 Å². The zero-order chi connectivity index (χ0) is 15.2. The summed E-state index contributed by atoms with van der Waals surface area (Å²) in [7, 11) is -4.22. The SMILES string of the molecule is O=C(O)[C@H](Cc1ccc(O)cc1)NCC=CP(=O)(O)O. The second kappa shape index (κ2) is 7.21. The Hall–Kier alpha value is -1.66. The van der Waals surface area contributed by atoms with Crippen LogP contribution in [0.2, 0.25) is 0 Å². The number of phenols is 1. The molecule has 0 heterocycles. The monoisotopic (exact) mass is 301 g/mol. The van der Waals surface area contributed by atoms with Crippen molar-refractivity contribution in [2.45, 2.75) is 12.5 Å². The van der Waals surface area contributed by atoms with Gasteiger partial charge in [-0.25, -0.2) is 0 Å². The molecule has 0 aliphatic rings. The van der Waals surface area contributed by atoms with Gasteiger partial charge in [0.15, 0.2) is 0 Å². The molecule has 0 fully saturated rings. The number of carboxylic acids is 1. The Balaban J connectivity index is 2.57. The van der Waals surface area contributed by atoms with Crippen LogP contribution < -0.4 is 5.32 Å². The maximum absolute atomic E-state index is 11.1. The van der Waals surface area contributed by atoms with Gasteiger partial charge in [0.05, 0.1) is 0 Å². The van der Waals surface area contributed by atoms with E-state index in [1.807, 2.05) is 0 Å². The van der Waals surface area contributed by atoms with Gasteiger partial charge in [-0.15, -0.1) is 0 Å². The predicted molar refractivity (Wildman–Crippen MR) is 72.4 cm³/mol. The Kier molecular flexibility index (Phi) is 5.91. The van der Waals surface area contributed by atoms with Crippen LogP contribution in [0.5, 0.6) is 5.75 Å². The van der Waals surface area contributed by atoms with Gasteiger partial charge in [-0.1, -0.05) is 18.2 Å². The molecule has 7 nitrogen and oxygen atoms in total. The Bertz CT molecular complexity index is 521. The minimum atomic E-state index is -4.22. The maximum Gasteiger partial charge on any atom is 0.348 e. The summed E-state index contributed by atoms with van der Waals surface area (Å²) < 4.78 is 10.6. The molecule has 0 aliphatic heterocycles. The lowest BCUT2D eigenvalue weighted by Crippen LogP contribution is -2.38. The fourth-order valence-corrected chi connectivity index (χ4v) is 1.89. The highest BCUT2D eigenvalue weighted by Gasteiger charge is 2.16. The molecule has 0 bridgehead atoms. The van der Waals surface area contributed by atoms with Crippen LogP contribution in [-0.2, 0) is 15.8 Å². The lowest BCUT2D eigenvalue weighted by molar-refractivity contribution is -0.139. The van der Waals surface area contributed by atoms with Crippen LogP contribution >= 0.6 is 7.60 Å². The third kappa shape index (κ3) is 6.49. The van der Waals surface area contributed by atoms with Gasteiger partial charge in [0.1, 0.15) is 11.8 Å². The van der Waals surface area contributed by atoms with Crippen molar-refractivity contribution in [2.24, 2.45) is 0 Å². The van der Waals surface area contributed by atoms with Crippen molar-refractivity contribution in [1.82, 2.24) is 5.32 Å². The Labute approximate surface area is 115 Å². The molecule has 1 rings (SSSR count). The van der Waals surface area contributed by atoms with E-state index in [1.54, 1.807) is 12.1 Å². The van der Waals surface area contributed by atoms with E-state index in [4.69, 9.17) is 20.0 Å². The zero-order valence-electron chi connectivity index (χ0n) is 10.5. The number of rotatable bonds is 7. The molecule has 0 aliphatic carbocycles. The smallest absolute Gasteiger partial charge is 0.348 e. The van der Waals surface area contributed by atoms with E-state index >= 15 is 0 Å². The van der Waals surface area contributed by atoms with Gasteiger partial charge in [-0.3, -0.25) is 9.36 Å². The van der Waals surface area contributed by atoms with Crippen LogP contribution in [0.15, 0.2) is 36.2 Å². The molecule has 0 radical (unpaired) electrons. The number of phenolic OH excluding ortho intramolecular Hbond substituents is 1. The van der Waals surface area contributed by atoms with E-state index in [9.17, 15) is 9.36 Å². The van der Waals surface area contributed by atoms with E-state index in [0.29, 0.717) is 0 Å². The number of carboxylic acid groups (broad SMARTS) is 1. The first-order valence-corrected chi connectivity index (χ1v) is 7.43. The molecule has 0 saturated heterocycles. The van der Waals surface area contributed by atoms with Gasteiger partial charge < -0.3 is 25.3 Å². The van der Waals surface area contributed by atoms with Gasteiger partial charge in [-0.2, -0.15) is 0 Å². The standard InChI is InChI=1S/C12H16NO6P/c14-10-4-2-9(3-5-10)8-11(12(15)16)13-6-1-7-20(17,18)19/h1-5,7,11,13-14H,6,8H2,(H,15,16)(H2,17,18,19)/t11-/m0/s1. The molecular formula is C12H16NO6P. The topological polar surface area (TPSA) is 127 Å². The second-order valence-corrected chi connectivity index (χ2v) is 5.62. The lowest BCUT2D eigenvalue weighted by atomic mass is 10.1. The van der Waals surface area contributed by atoms with Gasteiger partial charge in [0, 0.05) is 12.4 Å². The Morgan fingerprint density at radius 2 is 1.90 bits per heavy atom. The summed E-state index contributed by atoms with van der Waals surface area (Å²) in [6, 6.07) is 5.25. The summed E-state index contributed by atoms with van der Waals surface area (Å²) in [4.78, 5) is 28.3. The number of hydrogen-bond donors (Lipinski definition) is 5. The van der Waals surface area contributed by atoms with Crippen molar-refractivity contribution < 1.29 is 29.4 Å². The first kappa shape index (κ1) is 16.4. The number of aromatic hydroxyl groups is 1. The molecule has 0 spiro atoms. The quantitative estimate of drug-likeness (QED) is 0.468. The number of nitrogens with one attached hydrogen (secondary N) is 1. The van der Waals surface area contributed by atoms with Crippen molar-refractivity contribution in [1.29, 1.82) is 0 Å². The molecule has 8 heteroatoms. The average molecular weight is 301 g/mol. The predicted octanol–water partition coefficient (Wildman–Crippen LogP) is 0.669. The highest BCUT2D eigenvalue weighted by atomic mass is 31.2. The molecule has 1 aromatic carbocycles. The fourth-order valence-electron chi connectivity index (χ4n) is 1.51. The second-order valence-electron chi connectivity index (χ2n) is 4.14. The minimum absolute atomic E-state index is 0.0279. The molecule has 1 atom stereocenters. The van der Waals surface area contributed by atoms with Crippen LogP contribution in [-0.4, -0.2) is 38.6 Å². The number of hydrogen-bond acceptors (Lipinski definition) is 4. The summed E-state index contributed by atoms with van der Waals surface area (Å²) in [5.74, 6) is -0.250. The van der Waals surface area contributed by atoms with Gasteiger partial charge in [-0.05, 0) is 24.1 Å². The lowest BCUT2D eigenvalue weighted by Gasteiger charge is -2.13. The molecule has 110 valence electrons. The largest absolute Gasteiger partial charge is 0.508 e. The van der Waals surface area contributed by atoms with E-state index in [-0.39, 0.29) is 18.7 Å². The molecular weight excluding hydrogens is 285 g/mol. The summed E-state index contributed by atoms with van der Waals surface area (Å²) in [6.07, 6.45) is 1.38. The Morgan fingerprint density at radius 3 is 2.40 bits per heavy atom. The van der Waals surface area contributed by atoms with Crippen LogP contribution in [0.4, 0.5) is 0 Å². The third-order valence-electron chi connectivity index (χ3n) is 2.46. The third-order valence-corrected chi connectivity index (χ3v) is 3.06. The van der Waals surface area contributed by atoms with Gasteiger partial charge in [0.25, 0.3) is 0 Å². The van der Waals surface area contributed by atoms with Crippen molar-refractivity contribution in [3.05, 3.63) is 41.7 Å². The van der Waals surface area contributed by atoms with Crippen LogP contribution in [0, 0.1) is 0 Å². The van der Waals surface area contributed by atoms with Crippen molar-refractivity contribution in [3.8, 4) is 5.75 Å². The minimum Gasteiger partial charge on any atom is -0.508 e. The van der Waals surface area contributed by atoms with Gasteiger partial charge >= 0.3 is 13.6 Å². The molecule has 0 amide bonds. The first-order chi connectivity index (χ1) is 9.28.